The van der Waals surface area contributed by atoms with Crippen molar-refractivity contribution in [2.45, 2.75) is 19.3 Å². The van der Waals surface area contributed by atoms with Crippen LogP contribution in [0.1, 0.15) is 29.0 Å². The molecule has 7 nitrogen and oxygen atoms in total. The maximum Gasteiger partial charge on any atom is 0.306 e. The van der Waals surface area contributed by atoms with Crippen LogP contribution >= 0.6 is 0 Å². The van der Waals surface area contributed by atoms with E-state index in [1.54, 1.807) is 24.3 Å². The molecule has 0 radical (unpaired) electrons. The predicted molar refractivity (Wildman–Crippen MR) is 104 cm³/mol. The van der Waals surface area contributed by atoms with Crippen LogP contribution in [-0.4, -0.2) is 35.4 Å². The molecule has 3 aromatic rings. The van der Waals surface area contributed by atoms with E-state index >= 15 is 0 Å². The molecular formula is C21H19FN2O5. The Balaban J connectivity index is 1.48. The summed E-state index contributed by atoms with van der Waals surface area (Å²) in [6.07, 6.45) is 0.832. The van der Waals surface area contributed by atoms with Gasteiger partial charge in [-0.05, 0) is 36.8 Å². The van der Waals surface area contributed by atoms with Gasteiger partial charge < -0.3 is 14.5 Å². The second-order valence-electron chi connectivity index (χ2n) is 6.32. The van der Waals surface area contributed by atoms with Crippen molar-refractivity contribution in [2.24, 2.45) is 0 Å². The maximum atomic E-state index is 13.6. The lowest BCUT2D eigenvalue weighted by Gasteiger charge is -2.06. The number of nitrogens with zero attached hydrogens (tertiary/aromatic N) is 1. The van der Waals surface area contributed by atoms with Crippen LogP contribution < -0.4 is 10.3 Å². The number of Topliss-reactive ketones (excluding diaryl/α,β-unsaturated/α-hetero) is 1. The average molecular weight is 398 g/mol. The molecule has 1 aromatic heterocycles. The quantitative estimate of drug-likeness (QED) is 0.463. The van der Waals surface area contributed by atoms with Gasteiger partial charge in [-0.15, -0.1) is 0 Å². The number of H-pyrrole nitrogens is 1. The van der Waals surface area contributed by atoms with Crippen LogP contribution in [0.15, 0.2) is 47.3 Å². The molecule has 3 rings (SSSR count). The SMILES string of the molecule is COc1ccc(C(=O)COC(=O)CCCc2nc3ccccc3c(=O)[nH]2)cc1F. The van der Waals surface area contributed by atoms with E-state index < -0.39 is 24.2 Å². The first-order valence-electron chi connectivity index (χ1n) is 8.98. The summed E-state index contributed by atoms with van der Waals surface area (Å²) >= 11 is 0. The number of carbonyl (C=O) groups excluding carboxylic acids is 2. The average Bonchev–Trinajstić information content (AvgIpc) is 2.72. The van der Waals surface area contributed by atoms with Crippen molar-refractivity contribution >= 4 is 22.7 Å². The number of aromatic nitrogens is 2. The largest absolute Gasteiger partial charge is 0.494 e. The Bertz CT molecular complexity index is 1110. The lowest BCUT2D eigenvalue weighted by atomic mass is 10.1. The first-order chi connectivity index (χ1) is 14.0. The fourth-order valence-electron chi connectivity index (χ4n) is 2.79. The highest BCUT2D eigenvalue weighted by atomic mass is 19.1. The molecule has 0 bridgehead atoms. The van der Waals surface area contributed by atoms with Crippen LogP contribution in [-0.2, 0) is 16.0 Å². The monoisotopic (exact) mass is 398 g/mol. The minimum atomic E-state index is -0.665. The summed E-state index contributed by atoms with van der Waals surface area (Å²) < 4.78 is 23.4. The number of esters is 1. The van der Waals surface area contributed by atoms with Crippen LogP contribution in [0.2, 0.25) is 0 Å². The van der Waals surface area contributed by atoms with Crippen molar-refractivity contribution in [2.75, 3.05) is 13.7 Å². The van der Waals surface area contributed by atoms with Crippen molar-refractivity contribution in [3.63, 3.8) is 0 Å². The normalized spacial score (nSPS) is 10.7. The summed E-state index contributed by atoms with van der Waals surface area (Å²) in [7, 11) is 1.32. The van der Waals surface area contributed by atoms with E-state index in [1.807, 2.05) is 0 Å². The number of benzene rings is 2. The summed E-state index contributed by atoms with van der Waals surface area (Å²) in [6, 6.07) is 10.8. The van der Waals surface area contributed by atoms with E-state index in [0.717, 1.165) is 6.07 Å². The molecule has 1 heterocycles. The molecule has 1 N–H and O–H groups in total. The van der Waals surface area contributed by atoms with Gasteiger partial charge in [-0.1, -0.05) is 12.1 Å². The zero-order valence-electron chi connectivity index (χ0n) is 15.7. The van der Waals surface area contributed by atoms with Gasteiger partial charge >= 0.3 is 5.97 Å². The zero-order chi connectivity index (χ0) is 20.8. The number of aromatic amines is 1. The summed E-state index contributed by atoms with van der Waals surface area (Å²) in [4.78, 5) is 42.9. The Morgan fingerprint density at radius 3 is 2.72 bits per heavy atom. The molecule has 0 aliphatic heterocycles. The second kappa shape index (κ2) is 9.09. The van der Waals surface area contributed by atoms with Gasteiger partial charge in [-0.25, -0.2) is 9.37 Å². The smallest absolute Gasteiger partial charge is 0.306 e. The number of para-hydroxylation sites is 1. The van der Waals surface area contributed by atoms with E-state index in [2.05, 4.69) is 9.97 Å². The van der Waals surface area contributed by atoms with Crippen molar-refractivity contribution in [3.05, 3.63) is 70.0 Å². The first-order valence-corrected chi connectivity index (χ1v) is 8.98. The number of carbonyl (C=O) groups is 2. The summed E-state index contributed by atoms with van der Waals surface area (Å²) in [6.45, 7) is -0.477. The number of halogens is 1. The zero-order valence-corrected chi connectivity index (χ0v) is 15.7. The lowest BCUT2D eigenvalue weighted by molar-refractivity contribution is -0.142. The van der Waals surface area contributed by atoms with Crippen LogP contribution in [0.25, 0.3) is 10.9 Å². The van der Waals surface area contributed by atoms with Crippen LogP contribution in [0.3, 0.4) is 0 Å². The van der Waals surface area contributed by atoms with Gasteiger partial charge in [-0.3, -0.25) is 14.4 Å². The van der Waals surface area contributed by atoms with Gasteiger partial charge in [0, 0.05) is 18.4 Å². The van der Waals surface area contributed by atoms with Crippen LogP contribution in [0, 0.1) is 5.82 Å². The van der Waals surface area contributed by atoms with E-state index in [0.29, 0.717) is 29.6 Å². The minimum Gasteiger partial charge on any atom is -0.494 e. The number of aryl methyl sites for hydroxylation is 1. The van der Waals surface area contributed by atoms with E-state index in [9.17, 15) is 18.8 Å². The maximum absolute atomic E-state index is 13.6. The number of nitrogens with one attached hydrogen (secondary N) is 1. The Labute approximate surface area is 165 Å². The molecule has 0 aliphatic carbocycles. The van der Waals surface area contributed by atoms with Gasteiger partial charge in [0.2, 0.25) is 0 Å². The number of hydrogen-bond acceptors (Lipinski definition) is 6. The number of fused-ring (bicyclic) bond motifs is 1. The fraction of sp³-hybridized carbons (Fsp3) is 0.238. The number of hydrogen-bond donors (Lipinski definition) is 1. The third-order valence-corrected chi connectivity index (χ3v) is 4.29. The van der Waals surface area contributed by atoms with E-state index in [1.165, 1.54) is 19.2 Å². The van der Waals surface area contributed by atoms with Crippen molar-refractivity contribution in [3.8, 4) is 5.75 Å². The Morgan fingerprint density at radius 2 is 1.97 bits per heavy atom. The molecule has 0 aliphatic rings. The molecule has 150 valence electrons. The third-order valence-electron chi connectivity index (χ3n) is 4.29. The number of ether oxygens (including phenoxy) is 2. The lowest BCUT2D eigenvalue weighted by Crippen LogP contribution is -2.15. The molecule has 29 heavy (non-hydrogen) atoms. The van der Waals surface area contributed by atoms with Gasteiger partial charge in [0.25, 0.3) is 5.56 Å². The molecular weight excluding hydrogens is 379 g/mol. The molecule has 0 fully saturated rings. The predicted octanol–water partition coefficient (Wildman–Crippen LogP) is 2.82. The highest BCUT2D eigenvalue weighted by Crippen LogP contribution is 2.18. The molecule has 0 atom stereocenters. The van der Waals surface area contributed by atoms with Gasteiger partial charge in [-0.2, -0.15) is 0 Å². The van der Waals surface area contributed by atoms with Crippen molar-refractivity contribution < 1.29 is 23.5 Å². The van der Waals surface area contributed by atoms with E-state index in [4.69, 9.17) is 9.47 Å². The molecule has 0 saturated carbocycles. The number of ketones is 1. The highest BCUT2D eigenvalue weighted by molar-refractivity contribution is 5.98. The second-order valence-corrected chi connectivity index (χ2v) is 6.32. The first kappa shape index (κ1) is 20.2. The van der Waals surface area contributed by atoms with Crippen LogP contribution in [0.5, 0.6) is 5.75 Å². The Kier molecular flexibility index (Phi) is 6.33. The van der Waals surface area contributed by atoms with E-state index in [-0.39, 0.29) is 23.3 Å². The molecule has 8 heteroatoms. The number of methoxy groups -OCH3 is 1. The standard InChI is InChI=1S/C21H19FN2O5/c1-28-18-10-9-13(11-15(18)22)17(25)12-29-20(26)8-4-7-19-23-16-6-3-2-5-14(16)21(27)24-19/h2-3,5-6,9-11H,4,7-8,12H2,1H3,(H,23,24,27). The molecule has 0 unspecified atom stereocenters. The summed E-state index contributed by atoms with van der Waals surface area (Å²) in [5.74, 6) is -1.23. The Morgan fingerprint density at radius 1 is 1.17 bits per heavy atom. The molecule has 2 aromatic carbocycles. The van der Waals surface area contributed by atoms with Crippen molar-refractivity contribution in [1.82, 2.24) is 9.97 Å². The highest BCUT2D eigenvalue weighted by Gasteiger charge is 2.13. The molecule has 0 amide bonds. The van der Waals surface area contributed by atoms with Crippen LogP contribution in [0.4, 0.5) is 4.39 Å². The fourth-order valence-corrected chi connectivity index (χ4v) is 2.79. The molecule has 0 saturated heterocycles. The van der Waals surface area contributed by atoms with Gasteiger partial charge in [0.05, 0.1) is 18.0 Å². The molecule has 0 spiro atoms. The third kappa shape index (κ3) is 5.04. The summed E-state index contributed by atoms with van der Waals surface area (Å²) in [5.41, 5.74) is 0.450. The van der Waals surface area contributed by atoms with Crippen molar-refractivity contribution in [1.29, 1.82) is 0 Å². The van der Waals surface area contributed by atoms with Gasteiger partial charge in [0.1, 0.15) is 5.82 Å². The number of rotatable bonds is 8. The van der Waals surface area contributed by atoms with Gasteiger partial charge in [0.15, 0.2) is 24.0 Å². The topological polar surface area (TPSA) is 98.3 Å². The minimum absolute atomic E-state index is 0.0267. The summed E-state index contributed by atoms with van der Waals surface area (Å²) in [5, 5.41) is 0.504. The Hall–Kier alpha value is -3.55.